The van der Waals surface area contributed by atoms with Crippen LogP contribution in [-0.2, 0) is 4.79 Å². The summed E-state index contributed by atoms with van der Waals surface area (Å²) in [6.07, 6.45) is 0.334. The van der Waals surface area contributed by atoms with Gasteiger partial charge in [0.05, 0.1) is 10.0 Å². The van der Waals surface area contributed by atoms with Gasteiger partial charge in [0.2, 0.25) is 5.91 Å². The SMILES string of the molecule is CCNC(=O)CCNc1cc(Cl)c(F)c(Cl)c1. The molecule has 0 aromatic heterocycles. The van der Waals surface area contributed by atoms with E-state index in [1.807, 2.05) is 6.92 Å². The van der Waals surface area contributed by atoms with Crippen LogP contribution in [0.15, 0.2) is 12.1 Å². The Kier molecular flexibility index (Phi) is 5.51. The zero-order valence-electron chi connectivity index (χ0n) is 9.32. The van der Waals surface area contributed by atoms with Crippen molar-refractivity contribution >= 4 is 34.8 Å². The molecule has 2 N–H and O–H groups in total. The van der Waals surface area contributed by atoms with Crippen LogP contribution in [0.1, 0.15) is 13.3 Å². The van der Waals surface area contributed by atoms with Crippen molar-refractivity contribution < 1.29 is 9.18 Å². The summed E-state index contributed by atoms with van der Waals surface area (Å²) in [5, 5.41) is 5.53. The summed E-state index contributed by atoms with van der Waals surface area (Å²) >= 11 is 11.3. The summed E-state index contributed by atoms with van der Waals surface area (Å²) < 4.78 is 13.1. The molecule has 1 amide bonds. The lowest BCUT2D eigenvalue weighted by molar-refractivity contribution is -0.120. The van der Waals surface area contributed by atoms with Crippen LogP contribution < -0.4 is 10.6 Å². The Labute approximate surface area is 109 Å². The molecule has 17 heavy (non-hydrogen) atoms. The van der Waals surface area contributed by atoms with E-state index in [0.717, 1.165) is 0 Å². The maximum Gasteiger partial charge on any atom is 0.221 e. The maximum absolute atomic E-state index is 13.1. The number of halogens is 3. The van der Waals surface area contributed by atoms with Gasteiger partial charge in [-0.3, -0.25) is 4.79 Å². The molecule has 0 heterocycles. The minimum atomic E-state index is -0.636. The molecule has 3 nitrogen and oxygen atoms in total. The highest BCUT2D eigenvalue weighted by atomic mass is 35.5. The summed E-state index contributed by atoms with van der Waals surface area (Å²) in [5.41, 5.74) is 0.589. The predicted octanol–water partition coefficient (Wildman–Crippen LogP) is 3.07. The molecule has 1 rings (SSSR count). The molecule has 0 unspecified atom stereocenters. The molecule has 0 saturated heterocycles. The molecule has 1 aromatic carbocycles. The van der Waals surface area contributed by atoms with Crippen LogP contribution in [0.5, 0.6) is 0 Å². The highest BCUT2D eigenvalue weighted by molar-refractivity contribution is 6.35. The second-order valence-corrected chi connectivity index (χ2v) is 4.20. The Morgan fingerprint density at radius 1 is 1.35 bits per heavy atom. The molecule has 0 bridgehead atoms. The third-order valence-electron chi connectivity index (χ3n) is 2.04. The molecule has 0 aliphatic heterocycles. The van der Waals surface area contributed by atoms with E-state index in [1.165, 1.54) is 12.1 Å². The number of carbonyl (C=O) groups excluding carboxylic acids is 1. The van der Waals surface area contributed by atoms with Crippen LogP contribution in [0.25, 0.3) is 0 Å². The van der Waals surface area contributed by atoms with Crippen molar-refractivity contribution in [3.8, 4) is 0 Å². The van der Waals surface area contributed by atoms with Crippen molar-refractivity contribution in [2.75, 3.05) is 18.4 Å². The van der Waals surface area contributed by atoms with Crippen molar-refractivity contribution in [3.05, 3.63) is 28.0 Å². The molecule has 0 atom stereocenters. The number of rotatable bonds is 5. The van der Waals surface area contributed by atoms with Gasteiger partial charge in [-0.2, -0.15) is 0 Å². The zero-order chi connectivity index (χ0) is 12.8. The molecule has 0 spiro atoms. The van der Waals surface area contributed by atoms with Crippen LogP contribution in [0.2, 0.25) is 10.0 Å². The molecule has 6 heteroatoms. The first-order valence-electron chi connectivity index (χ1n) is 5.19. The largest absolute Gasteiger partial charge is 0.384 e. The third-order valence-corrected chi connectivity index (χ3v) is 2.59. The average Bonchev–Trinajstić information content (AvgIpc) is 2.26. The Balaban J connectivity index is 2.50. The lowest BCUT2D eigenvalue weighted by atomic mass is 10.3. The maximum atomic E-state index is 13.1. The fourth-order valence-electron chi connectivity index (χ4n) is 1.26. The van der Waals surface area contributed by atoms with Crippen molar-refractivity contribution in [1.29, 1.82) is 0 Å². The van der Waals surface area contributed by atoms with Crippen molar-refractivity contribution in [1.82, 2.24) is 5.32 Å². The van der Waals surface area contributed by atoms with E-state index in [2.05, 4.69) is 10.6 Å². The summed E-state index contributed by atoms with van der Waals surface area (Å²) in [6.45, 7) is 2.89. The monoisotopic (exact) mass is 278 g/mol. The lowest BCUT2D eigenvalue weighted by Gasteiger charge is -2.08. The predicted molar refractivity (Wildman–Crippen MR) is 68.2 cm³/mol. The Morgan fingerprint density at radius 3 is 2.47 bits per heavy atom. The van der Waals surface area contributed by atoms with E-state index in [0.29, 0.717) is 25.2 Å². The molecule has 0 aliphatic rings. The number of hydrogen-bond donors (Lipinski definition) is 2. The molecular weight excluding hydrogens is 266 g/mol. The highest BCUT2D eigenvalue weighted by Crippen LogP contribution is 2.27. The number of nitrogens with one attached hydrogen (secondary N) is 2. The zero-order valence-corrected chi connectivity index (χ0v) is 10.8. The molecule has 1 aromatic rings. The van der Waals surface area contributed by atoms with E-state index in [4.69, 9.17) is 23.2 Å². The van der Waals surface area contributed by atoms with E-state index < -0.39 is 5.82 Å². The first kappa shape index (κ1) is 14.1. The minimum absolute atomic E-state index is 0.0423. The van der Waals surface area contributed by atoms with E-state index in [1.54, 1.807) is 0 Å². The molecule has 0 fully saturated rings. The van der Waals surface area contributed by atoms with Gasteiger partial charge in [0.15, 0.2) is 5.82 Å². The van der Waals surface area contributed by atoms with E-state index >= 15 is 0 Å². The van der Waals surface area contributed by atoms with E-state index in [-0.39, 0.29) is 16.0 Å². The van der Waals surface area contributed by atoms with Crippen molar-refractivity contribution in [2.24, 2.45) is 0 Å². The van der Waals surface area contributed by atoms with Gasteiger partial charge < -0.3 is 10.6 Å². The minimum Gasteiger partial charge on any atom is -0.384 e. The van der Waals surface area contributed by atoms with Crippen LogP contribution in [0.4, 0.5) is 10.1 Å². The Morgan fingerprint density at radius 2 is 1.94 bits per heavy atom. The third kappa shape index (κ3) is 4.40. The number of hydrogen-bond acceptors (Lipinski definition) is 2. The molecule has 0 aliphatic carbocycles. The van der Waals surface area contributed by atoms with Gasteiger partial charge in [0.1, 0.15) is 0 Å². The molecule has 94 valence electrons. The Bertz CT molecular complexity index is 389. The van der Waals surface area contributed by atoms with Gasteiger partial charge in [0, 0.05) is 25.2 Å². The van der Waals surface area contributed by atoms with Crippen LogP contribution in [0, 0.1) is 5.82 Å². The lowest BCUT2D eigenvalue weighted by Crippen LogP contribution is -2.24. The molecule has 0 radical (unpaired) electrons. The van der Waals surface area contributed by atoms with Gasteiger partial charge in [-0.15, -0.1) is 0 Å². The summed E-state index contributed by atoms with van der Waals surface area (Å²) in [7, 11) is 0. The summed E-state index contributed by atoms with van der Waals surface area (Å²) in [6, 6.07) is 2.86. The summed E-state index contributed by atoms with van der Waals surface area (Å²) in [4.78, 5) is 11.2. The number of benzene rings is 1. The number of anilines is 1. The van der Waals surface area contributed by atoms with Crippen molar-refractivity contribution in [2.45, 2.75) is 13.3 Å². The summed E-state index contributed by atoms with van der Waals surface area (Å²) in [5.74, 6) is -0.679. The van der Waals surface area contributed by atoms with Gasteiger partial charge in [-0.05, 0) is 19.1 Å². The fourth-order valence-corrected chi connectivity index (χ4v) is 1.75. The Hall–Kier alpha value is -1.00. The molecular formula is C11H13Cl2FN2O. The number of amides is 1. The molecule has 0 saturated carbocycles. The van der Waals surface area contributed by atoms with Gasteiger partial charge in [0.25, 0.3) is 0 Å². The normalized spacial score (nSPS) is 10.1. The number of carbonyl (C=O) groups is 1. The second kappa shape index (κ2) is 6.67. The smallest absolute Gasteiger partial charge is 0.221 e. The van der Waals surface area contributed by atoms with E-state index in [9.17, 15) is 9.18 Å². The standard InChI is InChI=1S/C11H13Cl2FN2O/c1-2-15-10(17)3-4-16-7-5-8(12)11(14)9(13)6-7/h5-6,16H,2-4H2,1H3,(H,15,17). The van der Waals surface area contributed by atoms with Gasteiger partial charge in [-0.1, -0.05) is 23.2 Å². The van der Waals surface area contributed by atoms with Crippen LogP contribution in [0.3, 0.4) is 0 Å². The second-order valence-electron chi connectivity index (χ2n) is 3.38. The van der Waals surface area contributed by atoms with Crippen molar-refractivity contribution in [3.63, 3.8) is 0 Å². The first-order valence-corrected chi connectivity index (χ1v) is 5.95. The topological polar surface area (TPSA) is 41.1 Å². The van der Waals surface area contributed by atoms with Crippen LogP contribution in [-0.4, -0.2) is 19.0 Å². The average molecular weight is 279 g/mol. The fraction of sp³-hybridized carbons (Fsp3) is 0.364. The van der Waals surface area contributed by atoms with Gasteiger partial charge in [-0.25, -0.2) is 4.39 Å². The first-order chi connectivity index (χ1) is 8.04. The quantitative estimate of drug-likeness (QED) is 0.813. The van der Waals surface area contributed by atoms with Gasteiger partial charge >= 0.3 is 0 Å². The highest BCUT2D eigenvalue weighted by Gasteiger charge is 2.07. The van der Waals surface area contributed by atoms with Crippen LogP contribution >= 0.6 is 23.2 Å².